The fourth-order valence-electron chi connectivity index (χ4n) is 1.25. The van der Waals surface area contributed by atoms with Gasteiger partial charge >= 0.3 is 0 Å². The van der Waals surface area contributed by atoms with Crippen LogP contribution in [0.4, 0.5) is 0 Å². The molecule has 0 bridgehead atoms. The third-order valence-corrected chi connectivity index (χ3v) is 2.25. The first-order valence-corrected chi connectivity index (χ1v) is 5.31. The summed E-state index contributed by atoms with van der Waals surface area (Å²) in [4.78, 5) is 13.3. The SMILES string of the molecule is CCC(=O)CC.c1ccc2[nH]ccc2c1. The summed E-state index contributed by atoms with van der Waals surface area (Å²) >= 11 is 0. The zero-order chi connectivity index (χ0) is 11.1. The molecule has 0 amide bonds. The average Bonchev–Trinajstić information content (AvgIpc) is 2.76. The lowest BCUT2D eigenvalue weighted by Crippen LogP contribution is -1.88. The van der Waals surface area contributed by atoms with E-state index in [2.05, 4.69) is 23.2 Å². The summed E-state index contributed by atoms with van der Waals surface area (Å²) in [6.07, 6.45) is 3.33. The smallest absolute Gasteiger partial charge is 0.132 e. The van der Waals surface area contributed by atoms with E-state index in [-0.39, 0.29) is 0 Å². The normalized spacial score (nSPS) is 9.47. The minimum Gasteiger partial charge on any atom is -0.361 e. The van der Waals surface area contributed by atoms with Crippen LogP contribution in [-0.2, 0) is 4.79 Å². The molecule has 0 aliphatic carbocycles. The Morgan fingerprint density at radius 1 is 1.13 bits per heavy atom. The summed E-state index contributed by atoms with van der Waals surface area (Å²) in [5, 5.41) is 1.28. The van der Waals surface area contributed by atoms with Crippen LogP contribution >= 0.6 is 0 Å². The molecular weight excluding hydrogens is 186 g/mol. The second-order valence-corrected chi connectivity index (χ2v) is 3.31. The number of ketones is 1. The van der Waals surface area contributed by atoms with E-state index >= 15 is 0 Å². The van der Waals surface area contributed by atoms with Gasteiger partial charge in [-0.05, 0) is 17.5 Å². The fraction of sp³-hybridized carbons (Fsp3) is 0.308. The van der Waals surface area contributed by atoms with Gasteiger partial charge < -0.3 is 4.98 Å². The van der Waals surface area contributed by atoms with Gasteiger partial charge in [-0.25, -0.2) is 0 Å². The number of hydrogen-bond donors (Lipinski definition) is 1. The minimum absolute atomic E-state index is 0.343. The lowest BCUT2D eigenvalue weighted by Gasteiger charge is -1.83. The zero-order valence-corrected chi connectivity index (χ0v) is 9.29. The summed E-state index contributed by atoms with van der Waals surface area (Å²) in [5.41, 5.74) is 1.21. The van der Waals surface area contributed by atoms with Crippen LogP contribution in [0.2, 0.25) is 0 Å². The van der Waals surface area contributed by atoms with E-state index in [4.69, 9.17) is 0 Å². The molecule has 0 radical (unpaired) electrons. The van der Waals surface area contributed by atoms with Crippen LogP contribution in [0.25, 0.3) is 10.9 Å². The molecule has 0 aliphatic heterocycles. The number of benzene rings is 1. The molecule has 1 N–H and O–H groups in total. The van der Waals surface area contributed by atoms with Crippen molar-refractivity contribution in [1.29, 1.82) is 0 Å². The lowest BCUT2D eigenvalue weighted by atomic mass is 10.3. The van der Waals surface area contributed by atoms with E-state index in [0.717, 1.165) is 0 Å². The maximum absolute atomic E-state index is 10.2. The fourth-order valence-corrected chi connectivity index (χ4v) is 1.25. The van der Waals surface area contributed by atoms with E-state index in [1.807, 2.05) is 32.2 Å². The number of carbonyl (C=O) groups is 1. The Kier molecular flexibility index (Phi) is 4.61. The molecule has 0 atom stereocenters. The zero-order valence-electron chi connectivity index (χ0n) is 9.29. The molecule has 1 aromatic carbocycles. The van der Waals surface area contributed by atoms with Crippen molar-refractivity contribution in [3.63, 3.8) is 0 Å². The van der Waals surface area contributed by atoms with Crippen LogP contribution in [0.3, 0.4) is 0 Å². The molecule has 1 aromatic heterocycles. The van der Waals surface area contributed by atoms with Crippen LogP contribution in [0.1, 0.15) is 26.7 Å². The second kappa shape index (κ2) is 6.02. The maximum Gasteiger partial charge on any atom is 0.132 e. The summed E-state index contributed by atoms with van der Waals surface area (Å²) in [5.74, 6) is 0.343. The van der Waals surface area contributed by atoms with Gasteiger partial charge in [0.2, 0.25) is 0 Å². The highest BCUT2D eigenvalue weighted by molar-refractivity contribution is 5.78. The molecule has 2 aromatic rings. The van der Waals surface area contributed by atoms with Gasteiger partial charge in [-0.3, -0.25) is 4.79 Å². The van der Waals surface area contributed by atoms with Crippen LogP contribution in [0.15, 0.2) is 36.5 Å². The van der Waals surface area contributed by atoms with E-state index in [0.29, 0.717) is 18.6 Å². The molecule has 0 aliphatic rings. The highest BCUT2D eigenvalue weighted by Gasteiger charge is 1.87. The van der Waals surface area contributed by atoms with E-state index in [9.17, 15) is 4.79 Å². The van der Waals surface area contributed by atoms with Crippen molar-refractivity contribution >= 4 is 16.7 Å². The third kappa shape index (κ3) is 3.58. The van der Waals surface area contributed by atoms with Crippen LogP contribution in [0.5, 0.6) is 0 Å². The van der Waals surface area contributed by atoms with Crippen molar-refractivity contribution in [3.8, 4) is 0 Å². The number of hydrogen-bond acceptors (Lipinski definition) is 1. The predicted octanol–water partition coefficient (Wildman–Crippen LogP) is 3.54. The largest absolute Gasteiger partial charge is 0.361 e. The number of para-hydroxylation sites is 1. The summed E-state index contributed by atoms with van der Waals surface area (Å²) in [6, 6.07) is 10.3. The topological polar surface area (TPSA) is 32.9 Å². The predicted molar refractivity (Wildman–Crippen MR) is 63.9 cm³/mol. The van der Waals surface area contributed by atoms with Crippen molar-refractivity contribution in [2.24, 2.45) is 0 Å². The Bertz CT molecular complexity index is 381. The van der Waals surface area contributed by atoms with Gasteiger partial charge in [0.25, 0.3) is 0 Å². The maximum atomic E-state index is 10.2. The van der Waals surface area contributed by atoms with Crippen LogP contribution in [-0.4, -0.2) is 10.8 Å². The molecule has 0 saturated heterocycles. The molecule has 0 fully saturated rings. The molecule has 0 saturated carbocycles. The number of carbonyl (C=O) groups excluding carboxylic acids is 1. The summed E-state index contributed by atoms with van der Waals surface area (Å²) < 4.78 is 0. The first kappa shape index (κ1) is 11.5. The number of H-pyrrole nitrogens is 1. The number of rotatable bonds is 2. The van der Waals surface area contributed by atoms with Crippen molar-refractivity contribution in [2.45, 2.75) is 26.7 Å². The molecular formula is C13H17NO. The molecule has 15 heavy (non-hydrogen) atoms. The Morgan fingerprint density at radius 3 is 2.33 bits per heavy atom. The highest BCUT2D eigenvalue weighted by atomic mass is 16.1. The van der Waals surface area contributed by atoms with Gasteiger partial charge in [0.15, 0.2) is 0 Å². The second-order valence-electron chi connectivity index (χ2n) is 3.31. The van der Waals surface area contributed by atoms with Crippen molar-refractivity contribution < 1.29 is 4.79 Å². The Labute approximate surface area is 90.3 Å². The Balaban J connectivity index is 0.000000167. The molecule has 2 nitrogen and oxygen atoms in total. The first-order chi connectivity index (χ1) is 7.27. The van der Waals surface area contributed by atoms with Crippen molar-refractivity contribution in [2.75, 3.05) is 0 Å². The molecule has 0 spiro atoms. The standard InChI is InChI=1S/C8H7N.C5H10O/c1-2-4-8-7(3-1)5-6-9-8;1-3-5(6)4-2/h1-6,9H;3-4H2,1-2H3. The lowest BCUT2D eigenvalue weighted by molar-refractivity contribution is -0.118. The van der Waals surface area contributed by atoms with Crippen molar-refractivity contribution in [1.82, 2.24) is 4.98 Å². The van der Waals surface area contributed by atoms with Crippen LogP contribution < -0.4 is 0 Å². The van der Waals surface area contributed by atoms with Gasteiger partial charge in [0.05, 0.1) is 0 Å². The van der Waals surface area contributed by atoms with Gasteiger partial charge in [0.1, 0.15) is 5.78 Å². The van der Waals surface area contributed by atoms with Gasteiger partial charge in [0, 0.05) is 24.6 Å². The Morgan fingerprint density at radius 2 is 1.80 bits per heavy atom. The Hall–Kier alpha value is -1.57. The van der Waals surface area contributed by atoms with Gasteiger partial charge in [-0.1, -0.05) is 32.0 Å². The molecule has 0 unspecified atom stereocenters. The quantitative estimate of drug-likeness (QED) is 0.795. The highest BCUT2D eigenvalue weighted by Crippen LogP contribution is 2.09. The first-order valence-electron chi connectivity index (χ1n) is 5.31. The van der Waals surface area contributed by atoms with E-state index < -0.39 is 0 Å². The monoisotopic (exact) mass is 203 g/mol. The van der Waals surface area contributed by atoms with Crippen LogP contribution in [0, 0.1) is 0 Å². The van der Waals surface area contributed by atoms with Crippen molar-refractivity contribution in [3.05, 3.63) is 36.5 Å². The molecule has 2 heteroatoms. The van der Waals surface area contributed by atoms with Gasteiger partial charge in [-0.2, -0.15) is 0 Å². The number of nitrogens with one attached hydrogen (secondary N) is 1. The average molecular weight is 203 g/mol. The summed E-state index contributed by atoms with van der Waals surface area (Å²) in [6.45, 7) is 3.76. The number of aromatic nitrogens is 1. The molecule has 2 rings (SSSR count). The molecule has 80 valence electrons. The number of fused-ring (bicyclic) bond motifs is 1. The third-order valence-electron chi connectivity index (χ3n) is 2.25. The van der Waals surface area contributed by atoms with E-state index in [1.165, 1.54) is 10.9 Å². The molecule has 1 heterocycles. The minimum atomic E-state index is 0.343. The van der Waals surface area contributed by atoms with Gasteiger partial charge in [-0.15, -0.1) is 0 Å². The number of aromatic amines is 1. The number of Topliss-reactive ketones (excluding diaryl/α,β-unsaturated/α-hetero) is 1. The van der Waals surface area contributed by atoms with E-state index in [1.54, 1.807) is 0 Å². The summed E-state index contributed by atoms with van der Waals surface area (Å²) in [7, 11) is 0.